The van der Waals surface area contributed by atoms with E-state index in [1.54, 1.807) is 6.07 Å². The molecule has 2 aromatic carbocycles. The zero-order valence-corrected chi connectivity index (χ0v) is 12.0. The fraction of sp³-hybridized carbons (Fsp3) is 0.188. The molecule has 0 aliphatic rings. The highest BCUT2D eigenvalue weighted by Gasteiger charge is 2.07. The first-order chi connectivity index (χ1) is 11.0. The first-order valence-corrected chi connectivity index (χ1v) is 6.76. The predicted octanol–water partition coefficient (Wildman–Crippen LogP) is 3.83. The van der Waals surface area contributed by atoms with Gasteiger partial charge in [-0.05, 0) is 36.4 Å². The van der Waals surface area contributed by atoms with Gasteiger partial charge >= 0.3 is 6.61 Å². The van der Waals surface area contributed by atoms with Crippen molar-refractivity contribution in [1.29, 1.82) is 0 Å². The molecule has 0 atom stereocenters. The fourth-order valence-corrected chi connectivity index (χ4v) is 1.76. The monoisotopic (exact) mass is 325 g/mol. The first-order valence-electron chi connectivity index (χ1n) is 6.76. The van der Waals surface area contributed by atoms with E-state index in [2.05, 4.69) is 10.1 Å². The van der Waals surface area contributed by atoms with Crippen LogP contribution in [0.25, 0.3) is 0 Å². The van der Waals surface area contributed by atoms with Crippen LogP contribution < -0.4 is 14.8 Å². The molecule has 0 saturated heterocycles. The lowest BCUT2D eigenvalue weighted by Crippen LogP contribution is -2.15. The van der Waals surface area contributed by atoms with Crippen LogP contribution in [-0.4, -0.2) is 19.1 Å². The minimum absolute atomic E-state index is 0.000820. The molecule has 1 amide bonds. The van der Waals surface area contributed by atoms with Crippen molar-refractivity contribution >= 4 is 11.6 Å². The number of ether oxygens (including phenoxy) is 2. The lowest BCUT2D eigenvalue weighted by atomic mass is 10.3. The van der Waals surface area contributed by atoms with Gasteiger partial charge in [-0.25, -0.2) is 4.39 Å². The molecule has 7 heteroatoms. The number of para-hydroxylation sites is 1. The summed E-state index contributed by atoms with van der Waals surface area (Å²) in [5.74, 6) is -0.763. The zero-order chi connectivity index (χ0) is 16.7. The number of hydrogen-bond acceptors (Lipinski definition) is 3. The summed E-state index contributed by atoms with van der Waals surface area (Å²) in [6.07, 6.45) is 0.0175. The van der Waals surface area contributed by atoms with E-state index < -0.39 is 12.4 Å². The van der Waals surface area contributed by atoms with E-state index in [9.17, 15) is 18.0 Å². The summed E-state index contributed by atoms with van der Waals surface area (Å²) in [6.45, 7) is -2.88. The highest BCUT2D eigenvalue weighted by molar-refractivity contribution is 5.90. The third-order valence-electron chi connectivity index (χ3n) is 2.79. The van der Waals surface area contributed by atoms with E-state index in [1.165, 1.54) is 42.5 Å². The minimum atomic E-state index is -2.90. The van der Waals surface area contributed by atoms with Crippen LogP contribution in [-0.2, 0) is 4.79 Å². The summed E-state index contributed by atoms with van der Waals surface area (Å²) >= 11 is 0. The summed E-state index contributed by atoms with van der Waals surface area (Å²) < 4.78 is 46.7. The van der Waals surface area contributed by atoms with Gasteiger partial charge in [0, 0.05) is 5.69 Å². The molecule has 0 aromatic heterocycles. The van der Waals surface area contributed by atoms with Crippen molar-refractivity contribution < 1.29 is 27.4 Å². The van der Waals surface area contributed by atoms with Gasteiger partial charge in [-0.1, -0.05) is 12.1 Å². The van der Waals surface area contributed by atoms with Crippen LogP contribution in [0.1, 0.15) is 6.42 Å². The van der Waals surface area contributed by atoms with E-state index in [1.807, 2.05) is 0 Å². The molecule has 0 unspecified atom stereocenters. The van der Waals surface area contributed by atoms with Crippen LogP contribution >= 0.6 is 0 Å². The van der Waals surface area contributed by atoms with Crippen molar-refractivity contribution in [2.75, 3.05) is 11.9 Å². The molecule has 4 nitrogen and oxygen atoms in total. The third kappa shape index (κ3) is 5.54. The Labute approximate surface area is 130 Å². The molecule has 23 heavy (non-hydrogen) atoms. The second kappa shape index (κ2) is 8.07. The molecule has 0 spiro atoms. The zero-order valence-electron chi connectivity index (χ0n) is 12.0. The molecule has 0 aliphatic heterocycles. The third-order valence-corrected chi connectivity index (χ3v) is 2.79. The number of carbonyl (C=O) groups is 1. The molecule has 0 aliphatic carbocycles. The molecule has 122 valence electrons. The number of hydrogen-bond donors (Lipinski definition) is 1. The van der Waals surface area contributed by atoms with Crippen molar-refractivity contribution in [3.8, 4) is 11.5 Å². The highest BCUT2D eigenvalue weighted by atomic mass is 19.3. The van der Waals surface area contributed by atoms with Gasteiger partial charge in [-0.3, -0.25) is 4.79 Å². The van der Waals surface area contributed by atoms with Gasteiger partial charge in [-0.2, -0.15) is 8.78 Å². The van der Waals surface area contributed by atoms with Gasteiger partial charge in [0.25, 0.3) is 0 Å². The van der Waals surface area contributed by atoms with Gasteiger partial charge in [0.2, 0.25) is 5.91 Å². The number of rotatable bonds is 7. The number of anilines is 1. The molecular weight excluding hydrogens is 311 g/mol. The average molecular weight is 325 g/mol. The molecule has 0 fully saturated rings. The van der Waals surface area contributed by atoms with Crippen molar-refractivity contribution in [2.24, 2.45) is 0 Å². The predicted molar refractivity (Wildman–Crippen MR) is 78.2 cm³/mol. The summed E-state index contributed by atoms with van der Waals surface area (Å²) in [6, 6.07) is 11.4. The Kier molecular flexibility index (Phi) is 5.85. The smallest absolute Gasteiger partial charge is 0.387 e. The minimum Gasteiger partial charge on any atom is -0.490 e. The molecule has 0 saturated carbocycles. The van der Waals surface area contributed by atoms with Gasteiger partial charge in [0.1, 0.15) is 5.75 Å². The quantitative estimate of drug-likeness (QED) is 0.841. The highest BCUT2D eigenvalue weighted by Crippen LogP contribution is 2.18. The Morgan fingerprint density at radius 1 is 1.09 bits per heavy atom. The standard InChI is InChI=1S/C16H14F3NO3/c17-13-3-1-2-4-14(13)22-10-9-15(21)20-11-5-7-12(8-6-11)23-16(18)19/h1-8,16H,9-10H2,(H,20,21). The lowest BCUT2D eigenvalue weighted by Gasteiger charge is -2.09. The molecule has 0 heterocycles. The van der Waals surface area contributed by atoms with Crippen LogP contribution in [0, 0.1) is 5.82 Å². The van der Waals surface area contributed by atoms with Crippen molar-refractivity contribution in [3.63, 3.8) is 0 Å². The number of carbonyl (C=O) groups excluding carboxylic acids is 1. The first kappa shape index (κ1) is 16.7. The maximum absolute atomic E-state index is 13.3. The number of alkyl halides is 2. The summed E-state index contributed by atoms with van der Waals surface area (Å²) in [5, 5.41) is 2.57. The van der Waals surface area contributed by atoms with Gasteiger partial charge in [0.05, 0.1) is 13.0 Å². The lowest BCUT2D eigenvalue weighted by molar-refractivity contribution is -0.116. The Hall–Kier alpha value is -2.70. The Morgan fingerprint density at radius 3 is 2.43 bits per heavy atom. The van der Waals surface area contributed by atoms with E-state index in [0.717, 1.165) is 0 Å². The molecule has 1 N–H and O–H groups in total. The van der Waals surface area contributed by atoms with E-state index >= 15 is 0 Å². The maximum atomic E-state index is 13.3. The van der Waals surface area contributed by atoms with Crippen molar-refractivity contribution in [1.82, 2.24) is 0 Å². The number of halogens is 3. The van der Waals surface area contributed by atoms with Gasteiger partial charge in [0.15, 0.2) is 11.6 Å². The Bertz CT molecular complexity index is 647. The topological polar surface area (TPSA) is 47.6 Å². The van der Waals surface area contributed by atoms with Gasteiger partial charge in [-0.15, -0.1) is 0 Å². The van der Waals surface area contributed by atoms with Gasteiger partial charge < -0.3 is 14.8 Å². The molecule has 0 radical (unpaired) electrons. The Morgan fingerprint density at radius 2 is 1.78 bits per heavy atom. The van der Waals surface area contributed by atoms with Crippen LogP contribution in [0.5, 0.6) is 11.5 Å². The van der Waals surface area contributed by atoms with Crippen molar-refractivity contribution in [3.05, 3.63) is 54.3 Å². The van der Waals surface area contributed by atoms with Crippen LogP contribution in [0.15, 0.2) is 48.5 Å². The Balaban J connectivity index is 1.77. The van der Waals surface area contributed by atoms with E-state index in [0.29, 0.717) is 5.69 Å². The summed E-state index contributed by atoms with van der Waals surface area (Å²) in [7, 11) is 0. The second-order valence-corrected chi connectivity index (χ2v) is 4.48. The number of amides is 1. The molecule has 2 aromatic rings. The van der Waals surface area contributed by atoms with Crippen LogP contribution in [0.3, 0.4) is 0 Å². The summed E-state index contributed by atoms with van der Waals surface area (Å²) in [4.78, 5) is 11.7. The van der Waals surface area contributed by atoms with E-state index in [-0.39, 0.29) is 30.4 Å². The SMILES string of the molecule is O=C(CCOc1ccccc1F)Nc1ccc(OC(F)F)cc1. The molecule has 2 rings (SSSR count). The largest absolute Gasteiger partial charge is 0.490 e. The average Bonchev–Trinajstić information content (AvgIpc) is 2.51. The molecular formula is C16H14F3NO3. The maximum Gasteiger partial charge on any atom is 0.387 e. The number of benzene rings is 2. The van der Waals surface area contributed by atoms with Crippen molar-refractivity contribution in [2.45, 2.75) is 13.0 Å². The van der Waals surface area contributed by atoms with E-state index in [4.69, 9.17) is 4.74 Å². The van der Waals surface area contributed by atoms with Crippen LogP contribution in [0.2, 0.25) is 0 Å². The fourth-order valence-electron chi connectivity index (χ4n) is 1.76. The van der Waals surface area contributed by atoms with Crippen LogP contribution in [0.4, 0.5) is 18.9 Å². The number of nitrogens with one attached hydrogen (secondary N) is 1. The second-order valence-electron chi connectivity index (χ2n) is 4.48. The summed E-state index contributed by atoms with van der Waals surface area (Å²) in [5.41, 5.74) is 0.433. The molecule has 0 bridgehead atoms. The normalized spacial score (nSPS) is 10.4.